The van der Waals surface area contributed by atoms with Gasteiger partial charge < -0.3 is 9.47 Å². The van der Waals surface area contributed by atoms with E-state index in [0.29, 0.717) is 6.61 Å². The third-order valence-corrected chi connectivity index (χ3v) is 7.33. The molecule has 0 fully saturated rings. The summed E-state index contributed by atoms with van der Waals surface area (Å²) in [5, 5.41) is 7.71. The molecule has 4 rings (SSSR count). The lowest BCUT2D eigenvalue weighted by molar-refractivity contribution is 0.0597. The van der Waals surface area contributed by atoms with Gasteiger partial charge in [-0.3, -0.25) is 0 Å². The Morgan fingerprint density at radius 1 is 0.838 bits per heavy atom. The van der Waals surface area contributed by atoms with Gasteiger partial charge >= 0.3 is 0 Å². The first-order valence-electron chi connectivity index (χ1n) is 13.9. The molecular formula is C33H42N2O2. The zero-order valence-electron chi connectivity index (χ0n) is 23.6. The normalized spacial score (nSPS) is 12.3. The average molecular weight is 499 g/mol. The van der Waals surface area contributed by atoms with Gasteiger partial charge in [-0.15, -0.1) is 0 Å². The summed E-state index contributed by atoms with van der Waals surface area (Å²) in [7, 11) is 0. The van der Waals surface area contributed by atoms with E-state index in [1.807, 2.05) is 0 Å². The minimum absolute atomic E-state index is 0.129. The van der Waals surface area contributed by atoms with Gasteiger partial charge in [-0.25, -0.2) is 4.68 Å². The van der Waals surface area contributed by atoms with Crippen LogP contribution in [0.15, 0.2) is 48.5 Å². The third kappa shape index (κ3) is 5.31. The molecule has 0 saturated heterocycles. The number of hydrogen-bond acceptors (Lipinski definition) is 3. The molecule has 1 aromatic heterocycles. The lowest BCUT2D eigenvalue weighted by Crippen LogP contribution is -2.10. The highest BCUT2D eigenvalue weighted by Gasteiger charge is 2.22. The molecule has 1 atom stereocenters. The molecule has 3 aromatic carbocycles. The van der Waals surface area contributed by atoms with Gasteiger partial charge in [0.15, 0.2) is 0 Å². The fourth-order valence-corrected chi connectivity index (χ4v) is 5.70. The van der Waals surface area contributed by atoms with Crippen molar-refractivity contribution in [2.75, 3.05) is 13.2 Å². The highest BCUT2D eigenvalue weighted by atomic mass is 16.5. The number of nitrogens with zero attached hydrogens (tertiary/aromatic N) is 2. The van der Waals surface area contributed by atoms with E-state index in [2.05, 4.69) is 102 Å². The topological polar surface area (TPSA) is 36.3 Å². The van der Waals surface area contributed by atoms with Crippen molar-refractivity contribution < 1.29 is 9.47 Å². The molecule has 0 aliphatic carbocycles. The number of fused-ring (bicyclic) bond motifs is 1. The second-order valence-corrected chi connectivity index (χ2v) is 9.72. The summed E-state index contributed by atoms with van der Waals surface area (Å²) >= 11 is 0. The van der Waals surface area contributed by atoms with E-state index in [0.717, 1.165) is 43.7 Å². The first-order valence-corrected chi connectivity index (χ1v) is 13.9. The Bertz CT molecular complexity index is 1350. The van der Waals surface area contributed by atoms with Crippen LogP contribution in [0.25, 0.3) is 16.5 Å². The molecule has 4 heteroatoms. The minimum Gasteiger partial charge on any atom is -0.494 e. The molecule has 0 N–H and O–H groups in total. The highest BCUT2D eigenvalue weighted by molar-refractivity contribution is 5.88. The van der Waals surface area contributed by atoms with Gasteiger partial charge in [0.2, 0.25) is 0 Å². The van der Waals surface area contributed by atoms with E-state index >= 15 is 0 Å². The number of aryl methyl sites for hydroxylation is 3. The van der Waals surface area contributed by atoms with Gasteiger partial charge in [0, 0.05) is 29.8 Å². The summed E-state index contributed by atoms with van der Waals surface area (Å²) in [6.45, 7) is 16.5. The SMILES string of the molecule is CCOc1ccc2ccccc2c1Cc1c(CC)nn(-c2c(C)cc(C(CC)OCC)cc2C)c1CC. The molecule has 1 heterocycles. The average Bonchev–Trinajstić information content (AvgIpc) is 3.24. The Morgan fingerprint density at radius 2 is 1.57 bits per heavy atom. The summed E-state index contributed by atoms with van der Waals surface area (Å²) in [4.78, 5) is 0. The van der Waals surface area contributed by atoms with Crippen molar-refractivity contribution in [1.82, 2.24) is 9.78 Å². The number of ether oxygens (including phenoxy) is 2. The van der Waals surface area contributed by atoms with Crippen molar-refractivity contribution in [1.29, 1.82) is 0 Å². The molecule has 1 unspecified atom stereocenters. The maximum Gasteiger partial charge on any atom is 0.123 e. The molecule has 0 spiro atoms. The molecule has 0 aliphatic rings. The third-order valence-electron chi connectivity index (χ3n) is 7.33. The van der Waals surface area contributed by atoms with Crippen LogP contribution in [0.5, 0.6) is 5.75 Å². The van der Waals surface area contributed by atoms with Gasteiger partial charge in [0.1, 0.15) is 5.75 Å². The fourth-order valence-electron chi connectivity index (χ4n) is 5.70. The molecular weight excluding hydrogens is 456 g/mol. The molecule has 0 bridgehead atoms. The quantitative estimate of drug-likeness (QED) is 0.209. The fraction of sp³-hybridized carbons (Fsp3) is 0.424. The predicted octanol–water partition coefficient (Wildman–Crippen LogP) is 8.24. The summed E-state index contributed by atoms with van der Waals surface area (Å²) in [5.74, 6) is 0.969. The first-order chi connectivity index (χ1) is 18.0. The van der Waals surface area contributed by atoms with Crippen molar-refractivity contribution in [3.05, 3.63) is 87.7 Å². The number of rotatable bonds is 11. The summed E-state index contributed by atoms with van der Waals surface area (Å²) in [6.07, 6.45) is 3.70. The van der Waals surface area contributed by atoms with Crippen LogP contribution >= 0.6 is 0 Å². The Balaban J connectivity index is 1.86. The van der Waals surface area contributed by atoms with E-state index in [-0.39, 0.29) is 6.10 Å². The van der Waals surface area contributed by atoms with E-state index < -0.39 is 0 Å². The zero-order chi connectivity index (χ0) is 26.5. The van der Waals surface area contributed by atoms with Crippen molar-refractivity contribution >= 4 is 10.8 Å². The Kier molecular flexibility index (Phi) is 8.71. The molecule has 0 radical (unpaired) electrons. The standard InChI is InChI=1S/C33H42N2O2/c1-8-29-28(21-27-26-16-14-13-15-24(26)17-18-32(27)37-12-5)30(9-2)35(34-29)33-22(6)19-25(20-23(33)7)31(10-3)36-11-4/h13-20,31H,8-12,21H2,1-7H3. The van der Waals surface area contributed by atoms with Crippen LogP contribution in [0.1, 0.15) is 86.3 Å². The molecule has 0 aliphatic heterocycles. The molecule has 4 aromatic rings. The highest BCUT2D eigenvalue weighted by Crippen LogP contribution is 2.35. The number of aromatic nitrogens is 2. The summed E-state index contributed by atoms with van der Waals surface area (Å²) in [5.41, 5.74) is 9.93. The largest absolute Gasteiger partial charge is 0.494 e. The molecule has 4 nitrogen and oxygen atoms in total. The monoisotopic (exact) mass is 498 g/mol. The van der Waals surface area contributed by atoms with E-state index in [4.69, 9.17) is 14.6 Å². The van der Waals surface area contributed by atoms with E-state index in [1.54, 1.807) is 0 Å². The van der Waals surface area contributed by atoms with E-state index in [1.165, 1.54) is 50.0 Å². The summed E-state index contributed by atoms with van der Waals surface area (Å²) in [6, 6.07) is 17.5. The van der Waals surface area contributed by atoms with Crippen LogP contribution in [-0.2, 0) is 24.0 Å². The molecule has 0 saturated carbocycles. The van der Waals surface area contributed by atoms with Crippen LogP contribution < -0.4 is 4.74 Å². The van der Waals surface area contributed by atoms with Crippen molar-refractivity contribution in [3.63, 3.8) is 0 Å². The summed E-state index contributed by atoms with van der Waals surface area (Å²) < 4.78 is 14.4. The Labute approximate surface area is 222 Å². The van der Waals surface area contributed by atoms with Crippen molar-refractivity contribution in [2.24, 2.45) is 0 Å². The Hall–Kier alpha value is -3.11. The van der Waals surface area contributed by atoms with Gasteiger partial charge in [-0.05, 0) is 80.5 Å². The first kappa shape index (κ1) is 26.9. The molecule has 0 amide bonds. The minimum atomic E-state index is 0.129. The van der Waals surface area contributed by atoms with Crippen LogP contribution in [-0.4, -0.2) is 23.0 Å². The lowest BCUT2D eigenvalue weighted by atomic mass is 9.94. The van der Waals surface area contributed by atoms with Gasteiger partial charge in [-0.1, -0.05) is 63.2 Å². The van der Waals surface area contributed by atoms with Crippen molar-refractivity contribution in [3.8, 4) is 11.4 Å². The maximum absolute atomic E-state index is 6.12. The lowest BCUT2D eigenvalue weighted by Gasteiger charge is -2.20. The predicted molar refractivity (Wildman–Crippen MR) is 154 cm³/mol. The molecule has 37 heavy (non-hydrogen) atoms. The van der Waals surface area contributed by atoms with Gasteiger partial charge in [0.25, 0.3) is 0 Å². The Morgan fingerprint density at radius 3 is 2.19 bits per heavy atom. The smallest absolute Gasteiger partial charge is 0.123 e. The second-order valence-electron chi connectivity index (χ2n) is 9.72. The van der Waals surface area contributed by atoms with Gasteiger partial charge in [0.05, 0.1) is 24.1 Å². The van der Waals surface area contributed by atoms with Crippen molar-refractivity contribution in [2.45, 2.75) is 80.3 Å². The number of benzene rings is 3. The second kappa shape index (κ2) is 12.0. The number of hydrogen-bond donors (Lipinski definition) is 0. The maximum atomic E-state index is 6.12. The van der Waals surface area contributed by atoms with Crippen LogP contribution in [0, 0.1) is 13.8 Å². The molecule has 196 valence electrons. The van der Waals surface area contributed by atoms with E-state index in [9.17, 15) is 0 Å². The van der Waals surface area contributed by atoms with Gasteiger partial charge in [-0.2, -0.15) is 5.10 Å². The van der Waals surface area contributed by atoms with Crippen LogP contribution in [0.2, 0.25) is 0 Å². The van der Waals surface area contributed by atoms with Crippen LogP contribution in [0.3, 0.4) is 0 Å². The zero-order valence-corrected chi connectivity index (χ0v) is 23.6. The van der Waals surface area contributed by atoms with Crippen LogP contribution in [0.4, 0.5) is 0 Å².